The van der Waals surface area contributed by atoms with Crippen molar-refractivity contribution >= 4 is 17.9 Å². The molecule has 6 heteroatoms. The van der Waals surface area contributed by atoms with Crippen LogP contribution in [0.5, 0.6) is 0 Å². The van der Waals surface area contributed by atoms with Gasteiger partial charge >= 0.3 is 17.9 Å². The zero-order valence-corrected chi connectivity index (χ0v) is 39.0. The van der Waals surface area contributed by atoms with Crippen LogP contribution in [0.15, 0.2) is 48.6 Å². The highest BCUT2D eigenvalue weighted by atomic mass is 16.6. The molecule has 0 saturated heterocycles. The first-order valence-electron chi connectivity index (χ1n) is 25.1. The molecule has 0 aromatic rings. The van der Waals surface area contributed by atoms with E-state index in [0.29, 0.717) is 19.3 Å². The van der Waals surface area contributed by atoms with Crippen molar-refractivity contribution in [1.29, 1.82) is 0 Å². The number of ether oxygens (including phenoxy) is 3. The Hall–Kier alpha value is -2.63. The van der Waals surface area contributed by atoms with Gasteiger partial charge in [-0.1, -0.05) is 204 Å². The predicted molar refractivity (Wildman–Crippen MR) is 252 cm³/mol. The fraction of sp³-hybridized carbons (Fsp3) is 0.792. The lowest BCUT2D eigenvalue weighted by Crippen LogP contribution is -2.30. The summed E-state index contributed by atoms with van der Waals surface area (Å²) in [7, 11) is 0. The first-order chi connectivity index (χ1) is 29.0. The summed E-state index contributed by atoms with van der Waals surface area (Å²) in [5.41, 5.74) is 0. The van der Waals surface area contributed by atoms with Crippen LogP contribution in [0.1, 0.15) is 252 Å². The summed E-state index contributed by atoms with van der Waals surface area (Å²) in [6.07, 6.45) is 56.7. The van der Waals surface area contributed by atoms with E-state index in [-0.39, 0.29) is 31.1 Å². The van der Waals surface area contributed by atoms with Crippen LogP contribution in [0, 0.1) is 0 Å². The van der Waals surface area contributed by atoms with Crippen LogP contribution in [-0.4, -0.2) is 37.2 Å². The van der Waals surface area contributed by atoms with E-state index < -0.39 is 6.10 Å². The van der Waals surface area contributed by atoms with Crippen LogP contribution in [0.4, 0.5) is 0 Å². The third kappa shape index (κ3) is 46.3. The number of unbranched alkanes of at least 4 members (excludes halogenated alkanes) is 26. The Morgan fingerprint density at radius 1 is 0.339 bits per heavy atom. The zero-order valence-electron chi connectivity index (χ0n) is 39.0. The lowest BCUT2D eigenvalue weighted by atomic mass is 10.1. The van der Waals surface area contributed by atoms with Gasteiger partial charge in [0.25, 0.3) is 0 Å². The van der Waals surface area contributed by atoms with E-state index in [1.165, 1.54) is 116 Å². The summed E-state index contributed by atoms with van der Waals surface area (Å²) in [4.78, 5) is 37.8. The van der Waals surface area contributed by atoms with E-state index in [2.05, 4.69) is 69.4 Å². The number of rotatable bonds is 45. The lowest BCUT2D eigenvalue weighted by Gasteiger charge is -2.18. The van der Waals surface area contributed by atoms with Gasteiger partial charge in [0.05, 0.1) is 0 Å². The minimum absolute atomic E-state index is 0.0786. The van der Waals surface area contributed by atoms with E-state index in [4.69, 9.17) is 14.2 Å². The van der Waals surface area contributed by atoms with E-state index in [0.717, 1.165) is 96.3 Å². The maximum absolute atomic E-state index is 12.7. The molecule has 59 heavy (non-hydrogen) atoms. The van der Waals surface area contributed by atoms with Crippen molar-refractivity contribution in [2.24, 2.45) is 0 Å². The van der Waals surface area contributed by atoms with Gasteiger partial charge in [0.2, 0.25) is 0 Å². The minimum atomic E-state index is -0.777. The van der Waals surface area contributed by atoms with Crippen molar-refractivity contribution in [2.75, 3.05) is 13.2 Å². The minimum Gasteiger partial charge on any atom is -0.462 e. The highest BCUT2D eigenvalue weighted by molar-refractivity contribution is 5.71. The van der Waals surface area contributed by atoms with Crippen molar-refractivity contribution in [3.63, 3.8) is 0 Å². The molecule has 0 aliphatic heterocycles. The average molecular weight is 827 g/mol. The van der Waals surface area contributed by atoms with Crippen molar-refractivity contribution in [1.82, 2.24) is 0 Å². The molecule has 0 spiro atoms. The highest BCUT2D eigenvalue weighted by Gasteiger charge is 2.19. The second kappa shape index (κ2) is 48.0. The average Bonchev–Trinajstić information content (AvgIpc) is 3.23. The number of carbonyl (C=O) groups excluding carboxylic acids is 3. The number of allylic oxidation sites excluding steroid dienone is 8. The summed E-state index contributed by atoms with van der Waals surface area (Å²) in [6, 6.07) is 0. The van der Waals surface area contributed by atoms with Gasteiger partial charge in [0.1, 0.15) is 13.2 Å². The molecule has 0 aromatic heterocycles. The van der Waals surface area contributed by atoms with E-state index >= 15 is 0 Å². The van der Waals surface area contributed by atoms with Gasteiger partial charge in [-0.15, -0.1) is 0 Å². The fourth-order valence-electron chi connectivity index (χ4n) is 6.98. The normalized spacial score (nSPS) is 12.4. The summed E-state index contributed by atoms with van der Waals surface area (Å²) in [6.45, 7) is 6.52. The Labute approximate surface area is 365 Å². The van der Waals surface area contributed by atoms with Crippen LogP contribution in [-0.2, 0) is 28.6 Å². The molecule has 0 fully saturated rings. The van der Waals surface area contributed by atoms with E-state index in [1.54, 1.807) is 0 Å². The molecule has 342 valence electrons. The summed E-state index contributed by atoms with van der Waals surface area (Å²) in [5.74, 6) is -0.896. The molecule has 0 heterocycles. The van der Waals surface area contributed by atoms with Gasteiger partial charge in [0, 0.05) is 19.3 Å². The molecule has 0 radical (unpaired) electrons. The number of esters is 3. The van der Waals surface area contributed by atoms with Crippen LogP contribution in [0.2, 0.25) is 0 Å². The molecule has 0 amide bonds. The smallest absolute Gasteiger partial charge is 0.306 e. The monoisotopic (exact) mass is 827 g/mol. The molecule has 0 rings (SSSR count). The lowest BCUT2D eigenvalue weighted by molar-refractivity contribution is -0.167. The first-order valence-corrected chi connectivity index (χ1v) is 25.1. The van der Waals surface area contributed by atoms with Crippen LogP contribution in [0.25, 0.3) is 0 Å². The first kappa shape index (κ1) is 56.4. The van der Waals surface area contributed by atoms with Crippen molar-refractivity contribution < 1.29 is 28.6 Å². The van der Waals surface area contributed by atoms with Crippen molar-refractivity contribution in [3.05, 3.63) is 48.6 Å². The third-order valence-electron chi connectivity index (χ3n) is 10.8. The fourth-order valence-corrected chi connectivity index (χ4v) is 6.98. The second-order valence-corrected chi connectivity index (χ2v) is 16.7. The quantitative estimate of drug-likeness (QED) is 0.0263. The molecule has 0 aliphatic rings. The van der Waals surface area contributed by atoms with E-state index in [9.17, 15) is 14.4 Å². The van der Waals surface area contributed by atoms with Crippen LogP contribution in [0.3, 0.4) is 0 Å². The summed E-state index contributed by atoms with van der Waals surface area (Å²) in [5, 5.41) is 0. The Morgan fingerprint density at radius 2 is 0.644 bits per heavy atom. The van der Waals surface area contributed by atoms with Crippen LogP contribution >= 0.6 is 0 Å². The molecule has 0 aromatic carbocycles. The SMILES string of the molecule is CCC/C=C\C/C=C\CCCCCCCC(=O)OC(COC(=O)CCCCCCCCCCC)COC(=O)CCCCCCCCCCC/C=C\C/C=C\CCCCC. The largest absolute Gasteiger partial charge is 0.462 e. The van der Waals surface area contributed by atoms with Gasteiger partial charge in [-0.05, 0) is 77.0 Å². The summed E-state index contributed by atoms with van der Waals surface area (Å²) >= 11 is 0. The summed E-state index contributed by atoms with van der Waals surface area (Å²) < 4.78 is 16.7. The molecular weight excluding hydrogens is 733 g/mol. The molecule has 0 saturated carbocycles. The second-order valence-electron chi connectivity index (χ2n) is 16.7. The van der Waals surface area contributed by atoms with Crippen molar-refractivity contribution in [3.8, 4) is 0 Å². The Bertz CT molecular complexity index is 1040. The Kier molecular flexibility index (Phi) is 45.9. The van der Waals surface area contributed by atoms with E-state index in [1.807, 2.05) is 0 Å². The predicted octanol–water partition coefficient (Wildman–Crippen LogP) is 16.3. The highest BCUT2D eigenvalue weighted by Crippen LogP contribution is 2.15. The molecule has 6 nitrogen and oxygen atoms in total. The van der Waals surface area contributed by atoms with Gasteiger partial charge in [0.15, 0.2) is 6.10 Å². The maximum Gasteiger partial charge on any atom is 0.306 e. The number of hydrogen-bond acceptors (Lipinski definition) is 6. The number of carbonyl (C=O) groups is 3. The third-order valence-corrected chi connectivity index (χ3v) is 10.8. The zero-order chi connectivity index (χ0) is 43.0. The standard InChI is InChI=1S/C53H94O6/c1-4-7-10-13-16-19-21-23-24-25-26-27-28-30-31-34-37-40-43-46-52(55)58-49-50(48-57-51(54)45-42-39-36-33-18-15-12-9-6-3)59-53(56)47-44-41-38-35-32-29-22-20-17-14-11-8-5-2/h11,14,16,19-20,22-24,50H,4-10,12-13,15,17-18,21,25-49H2,1-3H3/b14-11-,19-16-,22-20-,24-23-. The van der Waals surface area contributed by atoms with Gasteiger partial charge in [-0.25, -0.2) is 0 Å². The van der Waals surface area contributed by atoms with Crippen molar-refractivity contribution in [2.45, 2.75) is 258 Å². The van der Waals surface area contributed by atoms with Gasteiger partial charge in [-0.3, -0.25) is 14.4 Å². The number of hydrogen-bond donors (Lipinski definition) is 0. The molecule has 0 aliphatic carbocycles. The molecule has 1 unspecified atom stereocenters. The van der Waals surface area contributed by atoms with Crippen LogP contribution < -0.4 is 0 Å². The molecular formula is C53H94O6. The molecule has 1 atom stereocenters. The van der Waals surface area contributed by atoms with Gasteiger partial charge < -0.3 is 14.2 Å². The Morgan fingerprint density at radius 3 is 1.03 bits per heavy atom. The Balaban J connectivity index is 4.30. The van der Waals surface area contributed by atoms with Gasteiger partial charge in [-0.2, -0.15) is 0 Å². The topological polar surface area (TPSA) is 78.9 Å². The molecule has 0 N–H and O–H groups in total. The molecule has 0 bridgehead atoms. The maximum atomic E-state index is 12.7.